The number of rotatable bonds is 15. The predicted octanol–water partition coefficient (Wildman–Crippen LogP) is 5.48. The number of hydrogen-bond acceptors (Lipinski definition) is 11. The van der Waals surface area contributed by atoms with Crippen LogP contribution in [-0.2, 0) is 42.7 Å². The third kappa shape index (κ3) is 28.4. The molecule has 11 nitrogen and oxygen atoms in total. The highest BCUT2D eigenvalue weighted by Crippen LogP contribution is 2.38. The van der Waals surface area contributed by atoms with E-state index >= 15 is 0 Å². The molecule has 0 fully saturated rings. The highest BCUT2D eigenvalue weighted by molar-refractivity contribution is 7.00. The molecule has 1 atom stereocenters. The summed E-state index contributed by atoms with van der Waals surface area (Å²) in [6.07, 6.45) is -10.6. The third-order valence-electron chi connectivity index (χ3n) is 5.24. The van der Waals surface area contributed by atoms with E-state index in [1.165, 1.54) is 6.92 Å². The summed E-state index contributed by atoms with van der Waals surface area (Å²) in [5.41, 5.74) is -1.70. The predicted molar refractivity (Wildman–Crippen MR) is 155 cm³/mol. The van der Waals surface area contributed by atoms with Crippen molar-refractivity contribution < 1.29 is 79.2 Å². The second kappa shape index (κ2) is 25.1. The van der Waals surface area contributed by atoms with Gasteiger partial charge in [0.25, 0.3) is 0 Å². The van der Waals surface area contributed by atoms with E-state index in [0.717, 1.165) is 0 Å². The molecule has 46 heavy (non-hydrogen) atoms. The zero-order valence-electron chi connectivity index (χ0n) is 27.8. The van der Waals surface area contributed by atoms with E-state index < -0.39 is 82.2 Å². The Morgan fingerprint density at radius 2 is 1.04 bits per heavy atom. The minimum atomic E-state index is -4.39. The molecule has 0 aliphatic heterocycles. The molecule has 0 saturated heterocycles. The number of halogens is 6. The molecule has 270 valence electrons. The van der Waals surface area contributed by atoms with Crippen molar-refractivity contribution in [3.63, 3.8) is 0 Å². The lowest BCUT2D eigenvalue weighted by Gasteiger charge is -2.33. The number of ether oxygens (including phenoxy) is 4. The summed E-state index contributed by atoms with van der Waals surface area (Å²) in [6.45, 7) is 13.9. The number of carbonyl (C=O) groups is 4. The molecule has 0 aliphatic carbocycles. The van der Waals surface area contributed by atoms with Gasteiger partial charge in [0.2, 0.25) is 0 Å². The summed E-state index contributed by atoms with van der Waals surface area (Å²) in [6, 6.07) is 0. The molecular weight excluding hydrogens is 657 g/mol. The second-order valence-electron chi connectivity index (χ2n) is 10.3. The van der Waals surface area contributed by atoms with Gasteiger partial charge in [-0.05, 0) is 47.5 Å². The van der Waals surface area contributed by atoms with Crippen molar-refractivity contribution >= 4 is 32.9 Å². The van der Waals surface area contributed by atoms with E-state index in [2.05, 4.69) is 22.6 Å². The van der Waals surface area contributed by atoms with Crippen LogP contribution in [0.4, 0.5) is 26.3 Å². The standard InChI is InChI=1S/C15H25F3O5.C7H9F3O2.C6H10O3.HOP/c1-5-14(4,12(21)22-8-6-15(16,17)18)10-13(2,3)11(20)23-9-7-19;1-5(2)6(11)12-4-3-7(8,9)10;1-5(2)6(8)9-4-3-7;1-2/h19H,5-10H2,1-4H3;1,3-4H2,2H3;7H,1,3-4H2,2H3;2H/i;;;2T. The van der Waals surface area contributed by atoms with Gasteiger partial charge in [-0.25, -0.2) is 9.59 Å². The van der Waals surface area contributed by atoms with Gasteiger partial charge < -0.3 is 29.2 Å². The molecule has 2 N–H and O–H groups in total. The van der Waals surface area contributed by atoms with Crippen molar-refractivity contribution in [3.05, 3.63) is 24.3 Å². The first-order valence-electron chi connectivity index (χ1n) is 13.9. The molecule has 0 amide bonds. The maximum atomic E-state index is 12.1. The molecule has 0 rings (SSSR count). The first kappa shape index (κ1) is 47.4. The molecule has 0 saturated carbocycles. The second-order valence-corrected chi connectivity index (χ2v) is 10.3. The zero-order valence-corrected chi connectivity index (χ0v) is 27.7. The first-order chi connectivity index (χ1) is 21.3. The maximum Gasteiger partial charge on any atom is 0.392 e. The number of carbonyl (C=O) groups excluding carboxylic acids is 4. The summed E-state index contributed by atoms with van der Waals surface area (Å²) in [5.74, 6) is -2.61. The summed E-state index contributed by atoms with van der Waals surface area (Å²) in [4.78, 5) is 45.1. The van der Waals surface area contributed by atoms with Crippen molar-refractivity contribution in [3.8, 4) is 0 Å². The largest absolute Gasteiger partial charge is 0.465 e. The average Bonchev–Trinajstić information content (AvgIpc) is 2.93. The highest BCUT2D eigenvalue weighted by atomic mass is 31.0. The van der Waals surface area contributed by atoms with Crippen molar-refractivity contribution in [2.75, 3.05) is 39.6 Å². The Kier molecular flexibility index (Phi) is 25.8. The number of aliphatic hydroxyl groups excluding tert-OH is 2. The SMILES string of the molecule is C=C(C)C(=O)OCCC(F)(F)F.C=C(C)C(=O)OCCO.CCC(C)(CC(C)(C)C(=O)OCCO)C(=O)OCCC(F)(F)F.[3H]P=O. The van der Waals surface area contributed by atoms with Gasteiger partial charge in [0.15, 0.2) is 0 Å². The Balaban J connectivity index is -0.000000320. The van der Waals surface area contributed by atoms with E-state index in [9.17, 15) is 45.5 Å². The zero-order chi connectivity index (χ0) is 38.1. The van der Waals surface area contributed by atoms with Crippen LogP contribution < -0.4 is 0 Å². The van der Waals surface area contributed by atoms with Gasteiger partial charge >= 0.3 is 36.2 Å². The Labute approximate surface area is 268 Å². The van der Waals surface area contributed by atoms with Crippen LogP contribution in [-0.4, -0.2) is 87.4 Å². The van der Waals surface area contributed by atoms with E-state index in [-0.39, 0.29) is 38.4 Å². The lowest BCUT2D eigenvalue weighted by atomic mass is 9.72. The van der Waals surface area contributed by atoms with Gasteiger partial charge in [-0.15, -0.1) is 0 Å². The fourth-order valence-corrected chi connectivity index (χ4v) is 2.80. The smallest absolute Gasteiger partial charge is 0.392 e. The van der Waals surface area contributed by atoms with Crippen molar-refractivity contribution in [1.82, 2.24) is 0 Å². The summed E-state index contributed by atoms with van der Waals surface area (Å²) in [5, 5.41) is 16.9. The summed E-state index contributed by atoms with van der Waals surface area (Å²) < 4.78 is 103. The summed E-state index contributed by atoms with van der Waals surface area (Å²) in [7, 11) is -0.583. The van der Waals surface area contributed by atoms with Crippen LogP contribution in [0.25, 0.3) is 0 Å². The molecule has 0 aromatic carbocycles. The maximum absolute atomic E-state index is 12.1. The van der Waals surface area contributed by atoms with Crippen molar-refractivity contribution in [1.29, 1.82) is 1.28 Å². The van der Waals surface area contributed by atoms with Crippen molar-refractivity contribution in [2.24, 2.45) is 10.8 Å². The number of alkyl halides is 6. The average molecular weight is 705 g/mol. The van der Waals surface area contributed by atoms with Crippen LogP contribution in [0.15, 0.2) is 24.3 Å². The van der Waals surface area contributed by atoms with Crippen LogP contribution >= 0.6 is 9.06 Å². The van der Waals surface area contributed by atoms with Crippen LogP contribution in [0.2, 0.25) is 0 Å². The van der Waals surface area contributed by atoms with E-state index in [1.54, 1.807) is 34.6 Å². The van der Waals surface area contributed by atoms with Crippen LogP contribution in [0.5, 0.6) is 0 Å². The van der Waals surface area contributed by atoms with Gasteiger partial charge in [0, 0.05) is 11.1 Å². The topological polar surface area (TPSA) is 163 Å². The Morgan fingerprint density at radius 1 is 0.717 bits per heavy atom. The van der Waals surface area contributed by atoms with E-state index in [0.29, 0.717) is 12.0 Å². The third-order valence-corrected chi connectivity index (χ3v) is 5.24. The molecule has 0 heterocycles. The first-order valence-corrected chi connectivity index (χ1v) is 13.8. The Morgan fingerprint density at radius 3 is 1.37 bits per heavy atom. The Hall–Kier alpha value is -3.04. The quantitative estimate of drug-likeness (QED) is 0.0730. The summed E-state index contributed by atoms with van der Waals surface area (Å²) >= 11 is 0. The van der Waals surface area contributed by atoms with Gasteiger partial charge in [-0.1, -0.05) is 20.1 Å². The van der Waals surface area contributed by atoms with Gasteiger partial charge in [-0.2, -0.15) is 26.3 Å². The number of esters is 4. The molecule has 18 heteroatoms. The van der Waals surface area contributed by atoms with Gasteiger partial charge in [0.1, 0.15) is 30.2 Å². The molecule has 0 aromatic heterocycles. The van der Waals surface area contributed by atoms with Crippen LogP contribution in [0.3, 0.4) is 0 Å². The lowest BCUT2D eigenvalue weighted by Crippen LogP contribution is -2.39. The number of aliphatic hydroxyl groups is 2. The lowest BCUT2D eigenvalue weighted by molar-refractivity contribution is -0.170. The molecule has 0 radical (unpaired) electrons. The fraction of sp³-hybridized carbons (Fsp3) is 0.714. The van der Waals surface area contributed by atoms with Crippen molar-refractivity contribution in [2.45, 2.75) is 79.6 Å². The molecule has 0 aromatic rings. The molecule has 0 spiro atoms. The molecule has 0 bridgehead atoms. The Bertz CT molecular complexity index is 989. The molecular formula is C28H45F6O11P. The monoisotopic (exact) mass is 704 g/mol. The fourth-order valence-electron chi connectivity index (χ4n) is 2.80. The van der Waals surface area contributed by atoms with Crippen LogP contribution in [0, 0.1) is 10.8 Å². The highest BCUT2D eigenvalue weighted by Gasteiger charge is 2.43. The van der Waals surface area contributed by atoms with Gasteiger partial charge in [0.05, 0.1) is 43.5 Å². The minimum Gasteiger partial charge on any atom is -0.465 e. The number of hydrogen-bond donors (Lipinski definition) is 2. The van der Waals surface area contributed by atoms with E-state index in [1.807, 2.05) is 0 Å². The van der Waals surface area contributed by atoms with Crippen LogP contribution in [0.1, 0.15) is 67.2 Å². The van der Waals surface area contributed by atoms with Gasteiger partial charge in [-0.3, -0.25) is 14.2 Å². The normalized spacial score (nSPS) is 12.5. The molecule has 1 unspecified atom stereocenters. The minimum absolute atomic E-state index is 0.0473. The molecule has 0 aliphatic rings. The van der Waals surface area contributed by atoms with E-state index in [4.69, 9.17) is 25.5 Å².